The number of aliphatic hydroxyl groups is 1. The molecule has 1 rings (SSSR count). The van der Waals surface area contributed by atoms with Gasteiger partial charge in [0.1, 0.15) is 0 Å². The van der Waals surface area contributed by atoms with Gasteiger partial charge >= 0.3 is 12.0 Å². The number of hydrogen-bond acceptors (Lipinski definition) is 5. The van der Waals surface area contributed by atoms with Gasteiger partial charge in [0.15, 0.2) is 6.10 Å². The zero-order chi connectivity index (χ0) is 15.3. The van der Waals surface area contributed by atoms with Gasteiger partial charge in [0.2, 0.25) is 0 Å². The minimum absolute atomic E-state index is 0.140. The van der Waals surface area contributed by atoms with Crippen LogP contribution in [0.3, 0.4) is 0 Å². The van der Waals surface area contributed by atoms with Crippen LogP contribution in [0.15, 0.2) is 22.7 Å². The molecular weight excluding hydrogens is 338 g/mol. The summed E-state index contributed by atoms with van der Waals surface area (Å²) in [5, 5.41) is 32.4. The van der Waals surface area contributed by atoms with Crippen LogP contribution in [0.5, 0.6) is 0 Å². The number of anilines is 1. The topological polar surface area (TPSA) is 142 Å². The highest BCUT2D eigenvalue weighted by Gasteiger charge is 2.15. The summed E-state index contributed by atoms with van der Waals surface area (Å²) in [5.74, 6) is -1.47. The number of urea groups is 1. The van der Waals surface area contributed by atoms with Crippen LogP contribution in [0.1, 0.15) is 0 Å². The van der Waals surface area contributed by atoms with Crippen LogP contribution in [0.25, 0.3) is 0 Å². The maximum absolute atomic E-state index is 11.5. The number of non-ortho nitro benzene ring substituents is 1. The number of carbonyl (C=O) groups is 2. The molecule has 108 valence electrons. The number of halogens is 1. The number of amides is 2. The van der Waals surface area contributed by atoms with Crippen molar-refractivity contribution in [3.05, 3.63) is 32.8 Å². The molecule has 0 spiro atoms. The predicted molar refractivity (Wildman–Crippen MR) is 71.5 cm³/mol. The van der Waals surface area contributed by atoms with Gasteiger partial charge in [-0.05, 0) is 22.0 Å². The Morgan fingerprint density at radius 2 is 2.10 bits per heavy atom. The monoisotopic (exact) mass is 347 g/mol. The van der Waals surface area contributed by atoms with Gasteiger partial charge in [-0.15, -0.1) is 0 Å². The van der Waals surface area contributed by atoms with Crippen LogP contribution < -0.4 is 10.6 Å². The van der Waals surface area contributed by atoms with Gasteiger partial charge in [-0.3, -0.25) is 10.1 Å². The van der Waals surface area contributed by atoms with Crippen LogP contribution >= 0.6 is 15.9 Å². The molecule has 0 aliphatic heterocycles. The van der Waals surface area contributed by atoms with E-state index in [0.717, 1.165) is 6.07 Å². The summed E-state index contributed by atoms with van der Waals surface area (Å²) in [6.45, 7) is -0.492. The molecule has 4 N–H and O–H groups in total. The Kier molecular flexibility index (Phi) is 5.41. The molecule has 0 aliphatic carbocycles. The zero-order valence-electron chi connectivity index (χ0n) is 9.87. The quantitative estimate of drug-likeness (QED) is 0.461. The van der Waals surface area contributed by atoms with E-state index in [1.165, 1.54) is 12.1 Å². The smallest absolute Gasteiger partial charge is 0.334 e. The average molecular weight is 348 g/mol. The third-order valence-electron chi connectivity index (χ3n) is 2.15. The summed E-state index contributed by atoms with van der Waals surface area (Å²) in [7, 11) is 0. The van der Waals surface area contributed by atoms with Crippen LogP contribution in [0, 0.1) is 10.1 Å². The third-order valence-corrected chi connectivity index (χ3v) is 2.84. The summed E-state index contributed by atoms with van der Waals surface area (Å²) in [4.78, 5) is 31.8. The van der Waals surface area contributed by atoms with Crippen molar-refractivity contribution >= 4 is 39.3 Å². The largest absolute Gasteiger partial charge is 0.479 e. The summed E-state index contributed by atoms with van der Waals surface area (Å²) in [6.07, 6.45) is -1.73. The number of carboxylic acid groups (broad SMARTS) is 1. The highest BCUT2D eigenvalue weighted by molar-refractivity contribution is 9.10. The Hall–Kier alpha value is -2.20. The van der Waals surface area contributed by atoms with E-state index in [-0.39, 0.29) is 11.4 Å². The molecule has 0 aromatic heterocycles. The number of carbonyl (C=O) groups excluding carboxylic acids is 1. The molecular formula is C10H10BrN3O6. The Bertz CT molecular complexity index is 550. The normalized spacial score (nSPS) is 11.5. The standard InChI is InChI=1S/C10H10BrN3O6/c11-6-2-1-5(14(19)20)3-7(6)13-10(18)12-4-8(15)9(16)17/h1-3,8,15H,4H2,(H,16,17)(H2,12,13,18). The van der Waals surface area contributed by atoms with Gasteiger partial charge in [0, 0.05) is 16.6 Å². The van der Waals surface area contributed by atoms with Crippen molar-refractivity contribution in [2.45, 2.75) is 6.10 Å². The maximum Gasteiger partial charge on any atom is 0.334 e. The molecule has 9 nitrogen and oxygen atoms in total. The molecule has 0 saturated heterocycles. The first kappa shape index (κ1) is 15.9. The second-order valence-electron chi connectivity index (χ2n) is 3.61. The van der Waals surface area contributed by atoms with Gasteiger partial charge in [0.05, 0.1) is 17.2 Å². The Morgan fingerprint density at radius 3 is 2.65 bits per heavy atom. The molecule has 0 radical (unpaired) electrons. The molecule has 0 bridgehead atoms. The zero-order valence-corrected chi connectivity index (χ0v) is 11.5. The fourth-order valence-corrected chi connectivity index (χ4v) is 1.51. The van der Waals surface area contributed by atoms with E-state index in [2.05, 4.69) is 26.6 Å². The lowest BCUT2D eigenvalue weighted by molar-refractivity contribution is -0.384. The van der Waals surface area contributed by atoms with Crippen LogP contribution in [0.4, 0.5) is 16.2 Å². The molecule has 1 atom stereocenters. The number of aliphatic hydroxyl groups excluding tert-OH is 1. The molecule has 1 aromatic carbocycles. The first-order valence-corrected chi connectivity index (χ1v) is 6.00. The van der Waals surface area contributed by atoms with Crippen LogP contribution in [-0.2, 0) is 4.79 Å². The third kappa shape index (κ3) is 4.48. The second-order valence-corrected chi connectivity index (χ2v) is 4.46. The first-order valence-electron chi connectivity index (χ1n) is 5.21. The van der Waals surface area contributed by atoms with E-state index >= 15 is 0 Å². The molecule has 0 fully saturated rings. The minimum atomic E-state index is -1.73. The minimum Gasteiger partial charge on any atom is -0.479 e. The summed E-state index contributed by atoms with van der Waals surface area (Å²) in [6, 6.07) is 2.98. The number of nitro groups is 1. The first-order chi connectivity index (χ1) is 9.31. The number of nitrogens with one attached hydrogen (secondary N) is 2. The number of aliphatic carboxylic acids is 1. The lowest BCUT2D eigenvalue weighted by Gasteiger charge is -2.10. The highest BCUT2D eigenvalue weighted by atomic mass is 79.9. The average Bonchev–Trinajstić information content (AvgIpc) is 2.38. The molecule has 2 amide bonds. The summed E-state index contributed by atoms with van der Waals surface area (Å²) < 4.78 is 0.414. The van der Waals surface area contributed by atoms with Gasteiger partial charge < -0.3 is 20.8 Å². The Morgan fingerprint density at radius 1 is 1.45 bits per heavy atom. The van der Waals surface area contributed by atoms with Gasteiger partial charge in [-0.1, -0.05) is 0 Å². The van der Waals surface area contributed by atoms with Crippen molar-refractivity contribution in [1.29, 1.82) is 0 Å². The molecule has 1 unspecified atom stereocenters. The van der Waals surface area contributed by atoms with Crippen LogP contribution in [0.2, 0.25) is 0 Å². The summed E-state index contributed by atoms with van der Waals surface area (Å²) in [5.41, 5.74) is -0.0735. The lowest BCUT2D eigenvalue weighted by atomic mass is 10.3. The molecule has 20 heavy (non-hydrogen) atoms. The molecule has 0 heterocycles. The van der Waals surface area contributed by atoms with Gasteiger partial charge in [0.25, 0.3) is 5.69 Å². The number of benzene rings is 1. The van der Waals surface area contributed by atoms with E-state index in [9.17, 15) is 19.7 Å². The van der Waals surface area contributed by atoms with E-state index in [1.807, 2.05) is 0 Å². The second kappa shape index (κ2) is 6.82. The lowest BCUT2D eigenvalue weighted by Crippen LogP contribution is -2.38. The number of nitrogens with zero attached hydrogens (tertiary/aromatic N) is 1. The van der Waals surface area contributed by atoms with Crippen molar-refractivity contribution in [3.8, 4) is 0 Å². The summed E-state index contributed by atoms with van der Waals surface area (Å²) >= 11 is 3.10. The highest BCUT2D eigenvalue weighted by Crippen LogP contribution is 2.26. The molecule has 1 aromatic rings. The number of carboxylic acids is 1. The molecule has 0 aliphatic rings. The number of rotatable bonds is 5. The van der Waals surface area contributed by atoms with Gasteiger partial charge in [-0.25, -0.2) is 9.59 Å². The van der Waals surface area contributed by atoms with E-state index in [1.54, 1.807) is 0 Å². The fourth-order valence-electron chi connectivity index (χ4n) is 1.17. The fraction of sp³-hybridized carbons (Fsp3) is 0.200. The van der Waals surface area contributed by atoms with Crippen molar-refractivity contribution in [3.63, 3.8) is 0 Å². The van der Waals surface area contributed by atoms with E-state index in [0.29, 0.717) is 4.47 Å². The van der Waals surface area contributed by atoms with Crippen molar-refractivity contribution in [1.82, 2.24) is 5.32 Å². The Balaban J connectivity index is 2.68. The molecule has 10 heteroatoms. The van der Waals surface area contributed by atoms with Crippen molar-refractivity contribution in [2.24, 2.45) is 0 Å². The predicted octanol–water partition coefficient (Wildman–Crippen LogP) is 0.924. The Labute approximate surface area is 120 Å². The number of nitro benzene ring substituents is 1. The van der Waals surface area contributed by atoms with Crippen molar-refractivity contribution < 1.29 is 24.7 Å². The SMILES string of the molecule is O=C(NCC(O)C(=O)O)Nc1cc([N+](=O)[O-])ccc1Br. The van der Waals surface area contributed by atoms with Gasteiger partial charge in [-0.2, -0.15) is 0 Å². The number of hydrogen-bond donors (Lipinski definition) is 4. The molecule has 0 saturated carbocycles. The van der Waals surface area contributed by atoms with E-state index in [4.69, 9.17) is 10.2 Å². The van der Waals surface area contributed by atoms with Crippen molar-refractivity contribution in [2.75, 3.05) is 11.9 Å². The maximum atomic E-state index is 11.5. The van der Waals surface area contributed by atoms with E-state index < -0.39 is 29.6 Å². The van der Waals surface area contributed by atoms with Crippen LogP contribution in [-0.4, -0.2) is 39.8 Å².